The molecule has 1 amide bonds. The molecule has 0 spiro atoms. The van der Waals surface area contributed by atoms with Crippen LogP contribution in [0.1, 0.15) is 43.2 Å². The second kappa shape index (κ2) is 8.81. The number of amides is 1. The second-order valence-electron chi connectivity index (χ2n) is 8.11. The molecule has 0 saturated carbocycles. The lowest BCUT2D eigenvalue weighted by atomic mass is 10.0. The molecule has 1 atom stereocenters. The molecule has 0 bridgehead atoms. The number of ether oxygens (including phenoxy) is 1. The zero-order valence-corrected chi connectivity index (χ0v) is 20.7. The molecule has 174 valence electrons. The van der Waals surface area contributed by atoms with E-state index in [0.29, 0.717) is 32.7 Å². The van der Waals surface area contributed by atoms with Gasteiger partial charge in [-0.05, 0) is 30.9 Å². The van der Waals surface area contributed by atoms with Gasteiger partial charge >= 0.3 is 5.97 Å². The van der Waals surface area contributed by atoms with Crippen molar-refractivity contribution in [1.29, 1.82) is 0 Å². The molecular weight excluding hydrogens is 470 g/mol. The number of esters is 1. The molecule has 4 heterocycles. The van der Waals surface area contributed by atoms with Crippen molar-refractivity contribution in [3.05, 3.63) is 83.2 Å². The summed E-state index contributed by atoms with van der Waals surface area (Å²) in [5.74, 6) is -0.692. The average Bonchev–Trinajstić information content (AvgIpc) is 3.54. The molecule has 7 nitrogen and oxygen atoms in total. The van der Waals surface area contributed by atoms with Crippen LogP contribution in [-0.2, 0) is 14.3 Å². The number of anilines is 1. The lowest BCUT2D eigenvalue weighted by Gasteiger charge is -2.22. The van der Waals surface area contributed by atoms with Gasteiger partial charge in [0.15, 0.2) is 4.80 Å². The Morgan fingerprint density at radius 2 is 1.97 bits per heavy atom. The van der Waals surface area contributed by atoms with Gasteiger partial charge in [0.2, 0.25) is 0 Å². The van der Waals surface area contributed by atoms with Gasteiger partial charge in [0, 0.05) is 17.0 Å². The average molecular weight is 494 g/mol. The Kier molecular flexibility index (Phi) is 5.83. The van der Waals surface area contributed by atoms with Crippen molar-refractivity contribution in [3.63, 3.8) is 0 Å². The number of fused-ring (bicyclic) bond motifs is 2. The van der Waals surface area contributed by atoms with E-state index in [2.05, 4.69) is 11.9 Å². The van der Waals surface area contributed by atoms with E-state index in [4.69, 9.17) is 4.74 Å². The van der Waals surface area contributed by atoms with Crippen LogP contribution in [0.4, 0.5) is 5.69 Å². The van der Waals surface area contributed by atoms with E-state index in [1.54, 1.807) is 11.8 Å². The Balaban J connectivity index is 1.79. The molecule has 2 aliphatic rings. The summed E-state index contributed by atoms with van der Waals surface area (Å²) >= 11 is 2.65. The largest absolute Gasteiger partial charge is 0.466 e. The summed E-state index contributed by atoms with van der Waals surface area (Å²) < 4.78 is 6.91. The van der Waals surface area contributed by atoms with Gasteiger partial charge in [0.1, 0.15) is 10.6 Å². The number of para-hydroxylation sites is 1. The van der Waals surface area contributed by atoms with Crippen molar-refractivity contribution >= 4 is 45.8 Å². The minimum Gasteiger partial charge on any atom is -0.466 e. The number of rotatable bonds is 5. The second-order valence-corrected chi connectivity index (χ2v) is 10.1. The minimum atomic E-state index is -0.652. The number of unbranched alkanes of at least 4 members (excludes halogenated alkanes) is 1. The van der Waals surface area contributed by atoms with E-state index in [0.717, 1.165) is 29.0 Å². The highest BCUT2D eigenvalue weighted by Gasteiger charge is 2.37. The van der Waals surface area contributed by atoms with E-state index in [-0.39, 0.29) is 11.5 Å². The molecular formula is C25H23N3O4S2. The zero-order chi connectivity index (χ0) is 24.0. The van der Waals surface area contributed by atoms with E-state index < -0.39 is 12.0 Å². The van der Waals surface area contributed by atoms with Crippen LogP contribution in [0.3, 0.4) is 0 Å². The van der Waals surface area contributed by atoms with Crippen LogP contribution in [0.2, 0.25) is 0 Å². The summed E-state index contributed by atoms with van der Waals surface area (Å²) in [5.41, 5.74) is 2.49. The maximum Gasteiger partial charge on any atom is 0.338 e. The first-order chi connectivity index (χ1) is 16.5. The summed E-state index contributed by atoms with van der Waals surface area (Å²) in [5, 5.41) is 1.90. The first-order valence-electron chi connectivity index (χ1n) is 11.1. The molecule has 0 radical (unpaired) electrons. The van der Waals surface area contributed by atoms with E-state index >= 15 is 0 Å². The highest BCUT2D eigenvalue weighted by atomic mass is 32.1. The number of methoxy groups -OCH3 is 1. The number of carbonyl (C=O) groups is 2. The number of nitrogens with zero attached hydrogens (tertiary/aromatic N) is 3. The first kappa shape index (κ1) is 22.5. The molecule has 0 fully saturated rings. The van der Waals surface area contributed by atoms with E-state index in [1.165, 1.54) is 34.4 Å². The van der Waals surface area contributed by atoms with Crippen LogP contribution < -0.4 is 19.8 Å². The summed E-state index contributed by atoms with van der Waals surface area (Å²) in [7, 11) is 1.32. The SMILES string of the molecule is CCCCN1C(=O)C(=c2sc3n(c2=O)[C@H](c2cccs2)C(C(=O)OC)=C(C)N=3)c2ccccc21. The predicted molar refractivity (Wildman–Crippen MR) is 133 cm³/mol. The Morgan fingerprint density at radius 1 is 1.18 bits per heavy atom. The first-order valence-corrected chi connectivity index (χ1v) is 12.8. The molecule has 3 aromatic rings. The number of thiazole rings is 1. The topological polar surface area (TPSA) is 81.0 Å². The number of benzene rings is 1. The Hall–Kier alpha value is -3.30. The molecule has 0 aliphatic carbocycles. The van der Waals surface area contributed by atoms with Crippen molar-refractivity contribution in [1.82, 2.24) is 4.57 Å². The predicted octanol–water partition coefficient (Wildman–Crippen LogP) is 2.99. The lowest BCUT2D eigenvalue weighted by molar-refractivity contribution is -0.136. The van der Waals surface area contributed by atoms with Crippen molar-refractivity contribution in [2.75, 3.05) is 18.6 Å². The van der Waals surface area contributed by atoms with Crippen molar-refractivity contribution in [2.24, 2.45) is 4.99 Å². The van der Waals surface area contributed by atoms with Crippen molar-refractivity contribution in [3.8, 4) is 0 Å². The third-order valence-electron chi connectivity index (χ3n) is 6.10. The smallest absolute Gasteiger partial charge is 0.338 e. The maximum absolute atomic E-state index is 13.9. The van der Waals surface area contributed by atoms with Crippen molar-refractivity contribution in [2.45, 2.75) is 32.7 Å². The minimum absolute atomic E-state index is 0.170. The molecule has 0 saturated heterocycles. The molecule has 2 aliphatic heterocycles. The van der Waals surface area contributed by atoms with Gasteiger partial charge in [0.25, 0.3) is 11.5 Å². The van der Waals surface area contributed by atoms with Crippen molar-refractivity contribution < 1.29 is 14.3 Å². The molecule has 9 heteroatoms. The highest BCUT2D eigenvalue weighted by Crippen LogP contribution is 2.36. The molecule has 0 N–H and O–H groups in total. The normalized spacial score (nSPS) is 18.6. The van der Waals surface area contributed by atoms with Crippen LogP contribution in [0.15, 0.2) is 62.8 Å². The van der Waals surface area contributed by atoms with E-state index in [9.17, 15) is 14.4 Å². The number of allylic oxidation sites excluding steroid dienone is 1. The molecule has 34 heavy (non-hydrogen) atoms. The number of hydrogen-bond donors (Lipinski definition) is 0. The van der Waals surface area contributed by atoms with Gasteiger partial charge in [0.05, 0.1) is 29.6 Å². The summed E-state index contributed by atoms with van der Waals surface area (Å²) in [6.07, 6.45) is 1.83. The number of thiophene rings is 1. The Labute approximate surface area is 203 Å². The van der Waals surface area contributed by atoms with Gasteiger partial charge in [-0.2, -0.15) is 0 Å². The highest BCUT2D eigenvalue weighted by molar-refractivity contribution is 7.10. The standard InChI is InChI=1S/C25H23N3O4S2/c1-4-5-12-27-16-10-7-6-9-15(16)19(22(27)29)21-23(30)28-20(17-11-8-13-33-17)18(24(31)32-3)14(2)26-25(28)34-21/h6-11,13,20H,4-5,12H2,1-3H3/t20-/m1/s1. The van der Waals surface area contributed by atoms with Crippen LogP contribution in [0.25, 0.3) is 5.57 Å². The fourth-order valence-electron chi connectivity index (χ4n) is 4.50. The van der Waals surface area contributed by atoms with Crippen LogP contribution in [0.5, 0.6) is 0 Å². The molecule has 1 aromatic carbocycles. The summed E-state index contributed by atoms with van der Waals surface area (Å²) in [4.78, 5) is 47.8. The third kappa shape index (κ3) is 3.38. The fourth-order valence-corrected chi connectivity index (χ4v) is 6.46. The van der Waals surface area contributed by atoms with Gasteiger partial charge < -0.3 is 9.64 Å². The third-order valence-corrected chi connectivity index (χ3v) is 8.08. The number of hydrogen-bond acceptors (Lipinski definition) is 7. The quantitative estimate of drug-likeness (QED) is 0.512. The van der Waals surface area contributed by atoms with Crippen LogP contribution in [-0.4, -0.2) is 30.1 Å². The number of carbonyl (C=O) groups excluding carboxylic acids is 2. The Morgan fingerprint density at radius 3 is 2.68 bits per heavy atom. The fraction of sp³-hybridized carbons (Fsp3) is 0.280. The molecule has 2 aromatic heterocycles. The summed E-state index contributed by atoms with van der Waals surface area (Å²) in [6.45, 7) is 4.42. The summed E-state index contributed by atoms with van der Waals surface area (Å²) in [6, 6.07) is 10.7. The number of aromatic nitrogens is 1. The monoisotopic (exact) mass is 493 g/mol. The van der Waals surface area contributed by atoms with Gasteiger partial charge in [-0.15, -0.1) is 11.3 Å². The van der Waals surface area contributed by atoms with Gasteiger partial charge in [-0.1, -0.05) is 48.9 Å². The van der Waals surface area contributed by atoms with Gasteiger partial charge in [-0.25, -0.2) is 9.79 Å². The lowest BCUT2D eigenvalue weighted by Crippen LogP contribution is -2.40. The van der Waals surface area contributed by atoms with E-state index in [1.807, 2.05) is 41.8 Å². The molecule has 0 unspecified atom stereocenters. The maximum atomic E-state index is 13.9. The van der Waals surface area contributed by atoms with Gasteiger partial charge in [-0.3, -0.25) is 14.2 Å². The van der Waals surface area contributed by atoms with Crippen LogP contribution in [0, 0.1) is 0 Å². The molecule has 5 rings (SSSR count). The van der Waals surface area contributed by atoms with Crippen LogP contribution >= 0.6 is 22.7 Å². The Bertz CT molecular complexity index is 1510. The zero-order valence-electron chi connectivity index (χ0n) is 19.0.